The van der Waals surface area contributed by atoms with Gasteiger partial charge in [-0.2, -0.15) is 20.5 Å². The lowest BCUT2D eigenvalue weighted by Crippen LogP contribution is -2.31. The Labute approximate surface area is 263 Å². The summed E-state index contributed by atoms with van der Waals surface area (Å²) in [6, 6.07) is 24.6. The van der Waals surface area contributed by atoms with E-state index in [-0.39, 0.29) is 21.4 Å². The average Bonchev–Trinajstić information content (AvgIpc) is 2.99. The Morgan fingerprint density at radius 1 is 0.568 bits per heavy atom. The maximum Gasteiger partial charge on any atom is 0.258 e. The average molecular weight is 630 g/mol. The second kappa shape index (κ2) is 14.9. The molecule has 2 atom stereocenters. The van der Waals surface area contributed by atoms with E-state index in [1.807, 2.05) is 0 Å². The van der Waals surface area contributed by atoms with Gasteiger partial charge in [-0.1, -0.05) is 71.7 Å². The van der Waals surface area contributed by atoms with E-state index in [9.17, 15) is 19.2 Å². The van der Waals surface area contributed by atoms with Gasteiger partial charge in [-0.05, 0) is 73.5 Å². The van der Waals surface area contributed by atoms with Crippen molar-refractivity contribution in [1.82, 2.24) is 0 Å². The molecule has 44 heavy (non-hydrogen) atoms. The number of hydrogen-bond acceptors (Lipinski definition) is 8. The third kappa shape index (κ3) is 8.50. The van der Waals surface area contributed by atoms with Gasteiger partial charge in [0.1, 0.15) is 11.4 Å². The number of nitrogens with zero attached hydrogens (tertiary/aromatic N) is 4. The van der Waals surface area contributed by atoms with Crippen LogP contribution in [0.2, 0.25) is 10.0 Å². The first-order chi connectivity index (χ1) is 21.1. The minimum atomic E-state index is -1.35. The molecule has 0 saturated carbocycles. The summed E-state index contributed by atoms with van der Waals surface area (Å²) in [7, 11) is 0. The molecular weight excluding hydrogens is 603 g/mol. The molecule has 0 aliphatic rings. The van der Waals surface area contributed by atoms with E-state index in [1.54, 1.807) is 97.1 Å². The normalized spacial score (nSPS) is 12.5. The van der Waals surface area contributed by atoms with Crippen molar-refractivity contribution >= 4 is 69.3 Å². The van der Waals surface area contributed by atoms with E-state index in [2.05, 4.69) is 31.1 Å². The molecule has 2 N–H and O–H groups in total. The largest absolute Gasteiger partial charge is 0.324 e. The Balaban J connectivity index is 1.47. The number of ketones is 2. The number of para-hydroxylation sites is 2. The Kier molecular flexibility index (Phi) is 10.8. The van der Waals surface area contributed by atoms with E-state index in [0.717, 1.165) is 0 Å². The first-order valence-corrected chi connectivity index (χ1v) is 14.0. The van der Waals surface area contributed by atoms with E-state index >= 15 is 0 Å². The van der Waals surface area contributed by atoms with E-state index in [1.165, 1.54) is 13.8 Å². The molecule has 0 aliphatic carbocycles. The summed E-state index contributed by atoms with van der Waals surface area (Å²) in [6.07, 6.45) is 0. The molecule has 0 heterocycles. The molecule has 222 valence electrons. The van der Waals surface area contributed by atoms with Crippen LogP contribution in [0.3, 0.4) is 0 Å². The molecule has 12 heteroatoms. The Morgan fingerprint density at radius 3 is 1.25 bits per heavy atom. The van der Waals surface area contributed by atoms with Crippen molar-refractivity contribution in [2.75, 3.05) is 10.6 Å². The van der Waals surface area contributed by atoms with Gasteiger partial charge in [0.2, 0.25) is 12.1 Å². The van der Waals surface area contributed by atoms with Gasteiger partial charge in [0.25, 0.3) is 11.8 Å². The molecule has 0 aliphatic heterocycles. The quantitative estimate of drug-likeness (QED) is 0.128. The molecule has 10 nitrogen and oxygen atoms in total. The predicted molar refractivity (Wildman–Crippen MR) is 170 cm³/mol. The number of hydrogen-bond donors (Lipinski definition) is 2. The second-order valence-electron chi connectivity index (χ2n) is 9.50. The smallest absolute Gasteiger partial charge is 0.258 e. The van der Waals surface area contributed by atoms with E-state index < -0.39 is 35.5 Å². The summed E-state index contributed by atoms with van der Waals surface area (Å²) in [6.45, 7) is 2.51. The number of benzene rings is 4. The zero-order valence-corrected chi connectivity index (χ0v) is 25.1. The molecule has 2 unspecified atom stereocenters. The van der Waals surface area contributed by atoms with Crippen molar-refractivity contribution in [3.8, 4) is 11.1 Å². The van der Waals surface area contributed by atoms with Crippen molar-refractivity contribution in [3.63, 3.8) is 0 Å². The lowest BCUT2D eigenvalue weighted by molar-refractivity contribution is -0.127. The van der Waals surface area contributed by atoms with Gasteiger partial charge >= 0.3 is 0 Å². The minimum absolute atomic E-state index is 0.227. The second-order valence-corrected chi connectivity index (χ2v) is 10.3. The predicted octanol–water partition coefficient (Wildman–Crippen LogP) is 8.02. The number of carbonyl (C=O) groups excluding carboxylic acids is 4. The fourth-order valence-corrected chi connectivity index (χ4v) is 4.31. The molecule has 0 spiro atoms. The van der Waals surface area contributed by atoms with Crippen LogP contribution in [0.25, 0.3) is 11.1 Å². The molecule has 0 radical (unpaired) electrons. The number of Topliss-reactive ketones (excluding diaryl/α,β-unsaturated/α-hetero) is 2. The summed E-state index contributed by atoms with van der Waals surface area (Å²) < 4.78 is 0. The molecule has 0 bridgehead atoms. The van der Waals surface area contributed by atoms with Crippen molar-refractivity contribution < 1.29 is 19.2 Å². The standard InChI is InChI=1S/C32H26Cl2N6O4/c1-19(41)29(31(43)35-23-9-5-3-6-10-23)39-37-27-15-13-21(17-25(27)33)22-14-16-28(26(34)18-22)38-40-30(20(2)42)32(44)36-24-11-7-4-8-12-24/h3-18,29-30H,1-2H3,(H,35,43)(H,36,44)/b39-37+,40-38+. The number of azo groups is 2. The number of anilines is 2. The number of carbonyl (C=O) groups is 4. The zero-order chi connectivity index (χ0) is 31.6. The van der Waals surface area contributed by atoms with Crippen molar-refractivity contribution in [2.45, 2.75) is 25.9 Å². The van der Waals surface area contributed by atoms with Crippen LogP contribution >= 0.6 is 23.2 Å². The summed E-state index contributed by atoms with van der Waals surface area (Å²) in [5.41, 5.74) is 2.95. The maximum atomic E-state index is 12.6. The highest BCUT2D eigenvalue weighted by Gasteiger charge is 2.24. The van der Waals surface area contributed by atoms with E-state index in [4.69, 9.17) is 23.2 Å². The van der Waals surface area contributed by atoms with Gasteiger partial charge < -0.3 is 10.6 Å². The van der Waals surface area contributed by atoms with Crippen molar-refractivity contribution in [3.05, 3.63) is 107 Å². The lowest BCUT2D eigenvalue weighted by Gasteiger charge is -2.10. The maximum absolute atomic E-state index is 12.6. The van der Waals surface area contributed by atoms with Crippen LogP contribution in [0.5, 0.6) is 0 Å². The topological polar surface area (TPSA) is 142 Å². The fraction of sp³-hybridized carbons (Fsp3) is 0.125. The molecule has 4 aromatic rings. The van der Waals surface area contributed by atoms with E-state index in [0.29, 0.717) is 22.5 Å². The zero-order valence-electron chi connectivity index (χ0n) is 23.6. The Morgan fingerprint density at radius 2 is 0.932 bits per heavy atom. The van der Waals surface area contributed by atoms with Crippen LogP contribution in [0.4, 0.5) is 22.7 Å². The lowest BCUT2D eigenvalue weighted by atomic mass is 10.0. The number of amides is 2. The highest BCUT2D eigenvalue weighted by molar-refractivity contribution is 6.34. The molecule has 4 rings (SSSR count). The van der Waals surface area contributed by atoms with Crippen LogP contribution in [0.1, 0.15) is 13.8 Å². The van der Waals surface area contributed by atoms with Crippen LogP contribution in [0, 0.1) is 0 Å². The Hall–Kier alpha value is -5.06. The third-order valence-electron chi connectivity index (χ3n) is 6.14. The number of rotatable bonds is 11. The van der Waals surface area contributed by atoms with Crippen LogP contribution in [0.15, 0.2) is 118 Å². The highest BCUT2D eigenvalue weighted by Crippen LogP contribution is 2.35. The summed E-state index contributed by atoms with van der Waals surface area (Å²) in [4.78, 5) is 49.4. The van der Waals surface area contributed by atoms with Gasteiger partial charge in [0, 0.05) is 11.4 Å². The molecule has 2 amide bonds. The van der Waals surface area contributed by atoms with Crippen LogP contribution < -0.4 is 10.6 Å². The summed E-state index contributed by atoms with van der Waals surface area (Å²) in [5, 5.41) is 21.7. The first kappa shape index (κ1) is 31.9. The van der Waals surface area contributed by atoms with Gasteiger partial charge in [0.15, 0.2) is 11.6 Å². The number of halogens is 2. The first-order valence-electron chi connectivity index (χ1n) is 13.3. The molecular formula is C32H26Cl2N6O4. The van der Waals surface area contributed by atoms with Gasteiger partial charge in [0.05, 0.1) is 10.0 Å². The highest BCUT2D eigenvalue weighted by atomic mass is 35.5. The third-order valence-corrected chi connectivity index (χ3v) is 6.75. The summed E-state index contributed by atoms with van der Waals surface area (Å²) in [5.74, 6) is -2.18. The van der Waals surface area contributed by atoms with Crippen LogP contribution in [-0.2, 0) is 19.2 Å². The minimum Gasteiger partial charge on any atom is -0.324 e. The molecule has 0 aromatic heterocycles. The molecule has 4 aromatic carbocycles. The SMILES string of the molecule is CC(=O)C(/N=N/c1ccc(-c2ccc(/N=N/C(C(C)=O)C(=O)Nc3ccccc3)c(Cl)c2)cc1Cl)C(=O)Nc1ccccc1. The molecule has 0 fully saturated rings. The number of nitrogens with one attached hydrogen (secondary N) is 2. The van der Waals surface area contributed by atoms with Crippen molar-refractivity contribution in [2.24, 2.45) is 20.5 Å². The fourth-order valence-electron chi connectivity index (χ4n) is 3.88. The Bertz CT molecular complexity index is 1620. The monoisotopic (exact) mass is 628 g/mol. The van der Waals surface area contributed by atoms with Crippen molar-refractivity contribution in [1.29, 1.82) is 0 Å². The van der Waals surface area contributed by atoms with Gasteiger partial charge in [-0.3, -0.25) is 19.2 Å². The summed E-state index contributed by atoms with van der Waals surface area (Å²) >= 11 is 12.9. The van der Waals surface area contributed by atoms with Gasteiger partial charge in [-0.25, -0.2) is 0 Å². The molecule has 0 saturated heterocycles. The van der Waals surface area contributed by atoms with Crippen LogP contribution in [-0.4, -0.2) is 35.5 Å². The van der Waals surface area contributed by atoms with Gasteiger partial charge in [-0.15, -0.1) is 0 Å².